The normalized spacial score (nSPS) is 26.4. The Bertz CT molecular complexity index is 357. The van der Waals surface area contributed by atoms with E-state index in [2.05, 4.69) is 5.32 Å². The highest BCUT2D eigenvalue weighted by Gasteiger charge is 2.40. The van der Waals surface area contributed by atoms with Crippen molar-refractivity contribution in [2.45, 2.75) is 39.3 Å². The van der Waals surface area contributed by atoms with E-state index in [1.165, 1.54) is 0 Å². The average molecular weight is 274 g/mol. The maximum Gasteiger partial charge on any atom is 0.246 e. The van der Waals surface area contributed by atoms with Gasteiger partial charge in [0.25, 0.3) is 0 Å². The topological polar surface area (TPSA) is 66.5 Å². The molecule has 0 bridgehead atoms. The van der Waals surface area contributed by atoms with E-state index in [0.717, 1.165) is 0 Å². The predicted octanol–water partition coefficient (Wildman–Crippen LogP) is 0.127. The number of carbonyl (C=O) groups is 2. The van der Waals surface area contributed by atoms with Crippen LogP contribution in [0.5, 0.6) is 0 Å². The number of nitrogens with one attached hydrogen (secondary N) is 1. The van der Waals surface area contributed by atoms with Gasteiger partial charge in [-0.2, -0.15) is 0 Å². The molecule has 0 radical (unpaired) electrons. The highest BCUT2D eigenvalue weighted by atomic mass is 32.2. The maximum atomic E-state index is 12.3. The third-order valence-electron chi connectivity index (χ3n) is 3.20. The zero-order valence-electron chi connectivity index (χ0n) is 11.4. The van der Waals surface area contributed by atoms with Gasteiger partial charge in [-0.05, 0) is 12.3 Å². The number of nitrogens with zero attached hydrogens (tertiary/aromatic N) is 1. The summed E-state index contributed by atoms with van der Waals surface area (Å²) in [5.41, 5.74) is 0. The number of hydrogen-bond acceptors (Lipinski definition) is 3. The second-order valence-electron chi connectivity index (χ2n) is 4.96. The van der Waals surface area contributed by atoms with Gasteiger partial charge in [0, 0.05) is 29.4 Å². The summed E-state index contributed by atoms with van der Waals surface area (Å²) >= 11 is 0. The van der Waals surface area contributed by atoms with E-state index in [-0.39, 0.29) is 17.7 Å². The Hall–Kier alpha value is -0.910. The Morgan fingerprint density at radius 1 is 1.39 bits per heavy atom. The summed E-state index contributed by atoms with van der Waals surface area (Å²) in [7, 11) is -0.958. The fourth-order valence-corrected chi connectivity index (χ4v) is 2.59. The molecule has 5 nitrogen and oxygen atoms in total. The molecule has 0 aromatic carbocycles. The minimum Gasteiger partial charge on any atom is -0.342 e. The quantitative estimate of drug-likeness (QED) is 0.775. The Labute approximate surface area is 111 Å². The van der Waals surface area contributed by atoms with Crippen LogP contribution in [0, 0.1) is 5.92 Å². The molecule has 0 saturated carbocycles. The molecule has 0 aliphatic carbocycles. The van der Waals surface area contributed by atoms with Crippen LogP contribution in [0.1, 0.15) is 27.2 Å². The van der Waals surface area contributed by atoms with Crippen molar-refractivity contribution >= 4 is 22.6 Å². The first kappa shape index (κ1) is 15.1. The largest absolute Gasteiger partial charge is 0.342 e. The van der Waals surface area contributed by atoms with Gasteiger partial charge in [-0.1, -0.05) is 20.8 Å². The third-order valence-corrected chi connectivity index (χ3v) is 3.96. The van der Waals surface area contributed by atoms with Crippen LogP contribution in [0.2, 0.25) is 0 Å². The predicted molar refractivity (Wildman–Crippen MR) is 71.5 cm³/mol. The molecule has 0 aromatic rings. The average Bonchev–Trinajstić information content (AvgIpc) is 2.28. The van der Waals surface area contributed by atoms with Gasteiger partial charge in [0.05, 0.1) is 0 Å². The molecule has 1 aliphatic heterocycles. The molecule has 1 rings (SSSR count). The highest BCUT2D eigenvalue weighted by molar-refractivity contribution is 7.84. The molecule has 6 heteroatoms. The lowest BCUT2D eigenvalue weighted by Crippen LogP contribution is -2.65. The lowest BCUT2D eigenvalue weighted by molar-refractivity contribution is -0.150. The lowest BCUT2D eigenvalue weighted by atomic mass is 9.97. The summed E-state index contributed by atoms with van der Waals surface area (Å²) in [6.45, 7) is 6.08. The summed E-state index contributed by atoms with van der Waals surface area (Å²) in [5.74, 6) is 0.328. The molecule has 1 N–H and O–H groups in total. The molecule has 0 aromatic heterocycles. The number of hydrogen-bond donors (Lipinski definition) is 1. The van der Waals surface area contributed by atoms with Crippen molar-refractivity contribution in [3.05, 3.63) is 0 Å². The van der Waals surface area contributed by atoms with E-state index in [4.69, 9.17) is 0 Å². The van der Waals surface area contributed by atoms with Gasteiger partial charge in [-0.25, -0.2) is 0 Å². The van der Waals surface area contributed by atoms with Gasteiger partial charge in [-0.15, -0.1) is 0 Å². The van der Waals surface area contributed by atoms with Crippen LogP contribution in [-0.2, 0) is 20.4 Å². The van der Waals surface area contributed by atoms with Crippen molar-refractivity contribution in [1.29, 1.82) is 0 Å². The summed E-state index contributed by atoms with van der Waals surface area (Å²) in [6.07, 6.45) is 2.19. The first-order valence-corrected chi connectivity index (χ1v) is 8.02. The SMILES string of the molecule is CCC1C(=O)NC(C(C)C)C(=O)N1CCS(C)=O. The summed E-state index contributed by atoms with van der Waals surface area (Å²) in [6, 6.07) is -0.873. The Kier molecular flexibility index (Phi) is 5.31. The minimum atomic E-state index is -0.958. The molecule has 1 saturated heterocycles. The monoisotopic (exact) mass is 274 g/mol. The molecule has 1 fully saturated rings. The Balaban J connectivity index is 2.87. The fraction of sp³-hybridized carbons (Fsp3) is 0.833. The van der Waals surface area contributed by atoms with Crippen LogP contribution in [0.4, 0.5) is 0 Å². The standard InChI is InChI=1S/C12H22N2O3S/c1-5-9-11(15)13-10(8(2)3)12(16)14(9)6-7-18(4)17/h8-10H,5-7H2,1-4H3,(H,13,15). The fourth-order valence-electron chi connectivity index (χ4n) is 2.14. The zero-order chi connectivity index (χ0) is 13.9. The summed E-state index contributed by atoms with van der Waals surface area (Å²) < 4.78 is 11.2. The van der Waals surface area contributed by atoms with Gasteiger partial charge >= 0.3 is 0 Å². The van der Waals surface area contributed by atoms with Crippen LogP contribution >= 0.6 is 0 Å². The van der Waals surface area contributed by atoms with Crippen molar-refractivity contribution < 1.29 is 13.8 Å². The molecule has 1 aliphatic rings. The molecule has 1 heterocycles. The van der Waals surface area contributed by atoms with Gasteiger partial charge in [0.2, 0.25) is 11.8 Å². The van der Waals surface area contributed by atoms with E-state index in [0.29, 0.717) is 18.7 Å². The first-order valence-electron chi connectivity index (χ1n) is 6.29. The Morgan fingerprint density at radius 3 is 2.44 bits per heavy atom. The number of piperazine rings is 1. The van der Waals surface area contributed by atoms with Gasteiger partial charge < -0.3 is 10.2 Å². The number of amides is 2. The van der Waals surface area contributed by atoms with Crippen molar-refractivity contribution in [2.75, 3.05) is 18.6 Å². The van der Waals surface area contributed by atoms with E-state index in [9.17, 15) is 13.8 Å². The van der Waals surface area contributed by atoms with Crippen molar-refractivity contribution in [3.63, 3.8) is 0 Å². The van der Waals surface area contributed by atoms with Crippen molar-refractivity contribution in [3.8, 4) is 0 Å². The van der Waals surface area contributed by atoms with Crippen LogP contribution in [0.15, 0.2) is 0 Å². The van der Waals surface area contributed by atoms with Crippen LogP contribution in [-0.4, -0.2) is 51.6 Å². The summed E-state index contributed by atoms with van der Waals surface area (Å²) in [5, 5.41) is 2.78. The molecule has 0 spiro atoms. The highest BCUT2D eigenvalue weighted by Crippen LogP contribution is 2.17. The van der Waals surface area contributed by atoms with Crippen molar-refractivity contribution in [1.82, 2.24) is 10.2 Å². The van der Waals surface area contributed by atoms with E-state index < -0.39 is 22.9 Å². The van der Waals surface area contributed by atoms with Crippen LogP contribution in [0.25, 0.3) is 0 Å². The van der Waals surface area contributed by atoms with Gasteiger partial charge in [0.1, 0.15) is 12.1 Å². The maximum absolute atomic E-state index is 12.3. The van der Waals surface area contributed by atoms with E-state index in [1.54, 1.807) is 11.2 Å². The minimum absolute atomic E-state index is 0.0538. The number of rotatable bonds is 5. The Morgan fingerprint density at radius 2 is 2.00 bits per heavy atom. The van der Waals surface area contributed by atoms with E-state index in [1.807, 2.05) is 20.8 Å². The van der Waals surface area contributed by atoms with E-state index >= 15 is 0 Å². The third kappa shape index (κ3) is 3.31. The molecular weight excluding hydrogens is 252 g/mol. The second kappa shape index (κ2) is 6.31. The van der Waals surface area contributed by atoms with Gasteiger partial charge in [-0.3, -0.25) is 13.8 Å². The molecule has 3 unspecified atom stereocenters. The summed E-state index contributed by atoms with van der Waals surface area (Å²) in [4.78, 5) is 25.9. The molecule has 3 atom stereocenters. The smallest absolute Gasteiger partial charge is 0.246 e. The van der Waals surface area contributed by atoms with Crippen molar-refractivity contribution in [2.24, 2.45) is 5.92 Å². The molecular formula is C12H22N2O3S. The van der Waals surface area contributed by atoms with Crippen LogP contribution < -0.4 is 5.32 Å². The molecule has 2 amide bonds. The molecule has 18 heavy (non-hydrogen) atoms. The van der Waals surface area contributed by atoms with Gasteiger partial charge in [0.15, 0.2) is 0 Å². The zero-order valence-corrected chi connectivity index (χ0v) is 12.3. The number of carbonyl (C=O) groups excluding carboxylic acids is 2. The first-order chi connectivity index (χ1) is 8.38. The molecule has 104 valence electrons. The van der Waals surface area contributed by atoms with Crippen LogP contribution in [0.3, 0.4) is 0 Å². The lowest BCUT2D eigenvalue weighted by Gasteiger charge is -2.39. The second-order valence-corrected chi connectivity index (χ2v) is 6.52.